The number of methoxy groups -OCH3 is 1. The van der Waals surface area contributed by atoms with Gasteiger partial charge in [0.05, 0.1) is 7.11 Å². The largest absolute Gasteiger partial charge is 0.496 e. The van der Waals surface area contributed by atoms with Crippen molar-refractivity contribution < 1.29 is 19.1 Å². The van der Waals surface area contributed by atoms with E-state index >= 15 is 0 Å². The number of hydrogen-bond donors (Lipinski definition) is 3. The molecule has 0 unspecified atom stereocenters. The van der Waals surface area contributed by atoms with Crippen molar-refractivity contribution in [2.24, 2.45) is 0 Å². The van der Waals surface area contributed by atoms with Crippen molar-refractivity contribution in [3.05, 3.63) is 29.8 Å². The van der Waals surface area contributed by atoms with Gasteiger partial charge in [-0.2, -0.15) is 0 Å². The van der Waals surface area contributed by atoms with Gasteiger partial charge in [0, 0.05) is 13.0 Å². The number of carbonyl (C=O) groups is 3. The van der Waals surface area contributed by atoms with Crippen molar-refractivity contribution in [2.75, 3.05) is 13.7 Å². The molecule has 2 rings (SSSR count). The number of ether oxygens (including phenoxy) is 1. The summed E-state index contributed by atoms with van der Waals surface area (Å²) in [7, 11) is 1.61. The molecule has 0 radical (unpaired) electrons. The number of benzene rings is 1. The summed E-state index contributed by atoms with van der Waals surface area (Å²) in [6.07, 6.45) is 1.14. The molecule has 7 nitrogen and oxygen atoms in total. The van der Waals surface area contributed by atoms with Gasteiger partial charge in [0.25, 0.3) is 5.91 Å². The van der Waals surface area contributed by atoms with Crippen LogP contribution in [-0.2, 0) is 16.0 Å². The predicted molar refractivity (Wildman–Crippen MR) is 79.4 cm³/mol. The topological polar surface area (TPSA) is 96.5 Å². The molecule has 7 heteroatoms. The van der Waals surface area contributed by atoms with E-state index in [1.54, 1.807) is 7.11 Å². The molecule has 4 amide bonds. The van der Waals surface area contributed by atoms with Crippen LogP contribution in [0.1, 0.15) is 18.4 Å². The van der Waals surface area contributed by atoms with Gasteiger partial charge in [0.2, 0.25) is 5.91 Å². The third-order valence-electron chi connectivity index (χ3n) is 3.43. The molecule has 0 saturated carbocycles. The Labute approximate surface area is 128 Å². The van der Waals surface area contributed by atoms with Crippen molar-refractivity contribution in [2.45, 2.75) is 25.3 Å². The lowest BCUT2D eigenvalue weighted by Crippen LogP contribution is -2.32. The first-order chi connectivity index (χ1) is 10.6. The minimum absolute atomic E-state index is 0.149. The van der Waals surface area contributed by atoms with Crippen LogP contribution in [0.15, 0.2) is 24.3 Å². The lowest BCUT2D eigenvalue weighted by Gasteiger charge is -2.10. The van der Waals surface area contributed by atoms with E-state index in [9.17, 15) is 14.4 Å². The number of nitrogens with one attached hydrogen (secondary N) is 3. The second-order valence-electron chi connectivity index (χ2n) is 4.97. The molecular formula is C15H19N3O4. The van der Waals surface area contributed by atoms with E-state index in [2.05, 4.69) is 16.0 Å². The van der Waals surface area contributed by atoms with Gasteiger partial charge in [-0.3, -0.25) is 14.9 Å². The summed E-state index contributed by atoms with van der Waals surface area (Å²) in [5.74, 6) is 0.262. The number of rotatable bonds is 7. The Morgan fingerprint density at radius 3 is 2.77 bits per heavy atom. The van der Waals surface area contributed by atoms with Crippen molar-refractivity contribution in [3.8, 4) is 5.75 Å². The fourth-order valence-electron chi connectivity index (χ4n) is 2.27. The van der Waals surface area contributed by atoms with E-state index in [0.29, 0.717) is 13.0 Å². The average Bonchev–Trinajstić information content (AvgIpc) is 2.83. The molecule has 118 valence electrons. The number of carbonyl (C=O) groups excluding carboxylic acids is 3. The van der Waals surface area contributed by atoms with Gasteiger partial charge < -0.3 is 15.4 Å². The first kappa shape index (κ1) is 15.8. The minimum Gasteiger partial charge on any atom is -0.496 e. The number of hydrogen-bond acceptors (Lipinski definition) is 4. The monoisotopic (exact) mass is 305 g/mol. The third-order valence-corrected chi connectivity index (χ3v) is 3.43. The van der Waals surface area contributed by atoms with Gasteiger partial charge in [-0.1, -0.05) is 18.2 Å². The summed E-state index contributed by atoms with van der Waals surface area (Å²) in [5.41, 5.74) is 1.02. The zero-order valence-corrected chi connectivity index (χ0v) is 12.3. The normalized spacial score (nSPS) is 16.9. The molecule has 1 aromatic carbocycles. The summed E-state index contributed by atoms with van der Waals surface area (Å²) in [6, 6.07) is 6.50. The number of imide groups is 1. The molecule has 1 fully saturated rings. The Morgan fingerprint density at radius 2 is 2.09 bits per heavy atom. The molecule has 1 aromatic rings. The van der Waals surface area contributed by atoms with E-state index in [1.807, 2.05) is 24.3 Å². The Balaban J connectivity index is 1.70. The van der Waals surface area contributed by atoms with Crippen LogP contribution in [0, 0.1) is 0 Å². The summed E-state index contributed by atoms with van der Waals surface area (Å²) >= 11 is 0. The standard InChI is InChI=1S/C15H19N3O4/c1-22-12-5-3-2-4-10(12)8-9-16-13(19)7-6-11-14(20)18-15(21)17-11/h2-5,11H,6-9H2,1H3,(H,16,19)(H2,17,18,20,21)/t11-/m0/s1. The number of para-hydroxylation sites is 1. The quantitative estimate of drug-likeness (QED) is 0.633. The van der Waals surface area contributed by atoms with Crippen molar-refractivity contribution in [1.82, 2.24) is 16.0 Å². The van der Waals surface area contributed by atoms with Crippen LogP contribution < -0.4 is 20.7 Å². The van der Waals surface area contributed by atoms with Crippen LogP contribution in [-0.4, -0.2) is 37.5 Å². The highest BCUT2D eigenvalue weighted by atomic mass is 16.5. The molecular weight excluding hydrogens is 286 g/mol. The highest BCUT2D eigenvalue weighted by molar-refractivity contribution is 6.04. The van der Waals surface area contributed by atoms with Crippen molar-refractivity contribution in [1.29, 1.82) is 0 Å². The number of urea groups is 1. The molecule has 1 aliphatic rings. The lowest BCUT2D eigenvalue weighted by molar-refractivity contribution is -0.122. The molecule has 0 spiro atoms. The second kappa shape index (κ2) is 7.44. The molecule has 1 atom stereocenters. The van der Waals surface area contributed by atoms with E-state index in [-0.39, 0.29) is 24.7 Å². The van der Waals surface area contributed by atoms with Gasteiger partial charge in [-0.25, -0.2) is 4.79 Å². The van der Waals surface area contributed by atoms with Crippen LogP contribution >= 0.6 is 0 Å². The predicted octanol–water partition coefficient (Wildman–Crippen LogP) is 0.342. The van der Waals surface area contributed by atoms with Gasteiger partial charge in [-0.05, 0) is 24.5 Å². The zero-order valence-electron chi connectivity index (χ0n) is 12.3. The SMILES string of the molecule is COc1ccccc1CCNC(=O)CC[C@@H]1NC(=O)NC1=O. The van der Waals surface area contributed by atoms with Crippen molar-refractivity contribution >= 4 is 17.8 Å². The highest BCUT2D eigenvalue weighted by Gasteiger charge is 2.29. The van der Waals surface area contributed by atoms with Crippen molar-refractivity contribution in [3.63, 3.8) is 0 Å². The minimum atomic E-state index is -0.618. The van der Waals surface area contributed by atoms with Crippen LogP contribution in [0.4, 0.5) is 4.79 Å². The Bertz CT molecular complexity index is 574. The fourth-order valence-corrected chi connectivity index (χ4v) is 2.27. The first-order valence-electron chi connectivity index (χ1n) is 7.10. The van der Waals surface area contributed by atoms with Crippen LogP contribution in [0.25, 0.3) is 0 Å². The maximum absolute atomic E-state index is 11.7. The molecule has 0 bridgehead atoms. The van der Waals surface area contributed by atoms with Gasteiger partial charge in [-0.15, -0.1) is 0 Å². The van der Waals surface area contributed by atoms with E-state index in [0.717, 1.165) is 11.3 Å². The Kier molecular flexibility index (Phi) is 5.35. The zero-order chi connectivity index (χ0) is 15.9. The maximum atomic E-state index is 11.7. The maximum Gasteiger partial charge on any atom is 0.322 e. The first-order valence-corrected chi connectivity index (χ1v) is 7.10. The molecule has 22 heavy (non-hydrogen) atoms. The lowest BCUT2D eigenvalue weighted by atomic mass is 10.1. The smallest absolute Gasteiger partial charge is 0.322 e. The Hall–Kier alpha value is -2.57. The van der Waals surface area contributed by atoms with Gasteiger partial charge in [0.1, 0.15) is 11.8 Å². The summed E-state index contributed by atoms with van der Waals surface area (Å²) in [4.78, 5) is 34.0. The summed E-state index contributed by atoms with van der Waals surface area (Å²) in [6.45, 7) is 0.489. The highest BCUT2D eigenvalue weighted by Crippen LogP contribution is 2.17. The molecule has 0 aromatic heterocycles. The van der Waals surface area contributed by atoms with Gasteiger partial charge >= 0.3 is 6.03 Å². The van der Waals surface area contributed by atoms with Crippen LogP contribution in [0.2, 0.25) is 0 Å². The van der Waals surface area contributed by atoms with E-state index in [4.69, 9.17) is 4.74 Å². The van der Waals surface area contributed by atoms with Crippen LogP contribution in [0.3, 0.4) is 0 Å². The van der Waals surface area contributed by atoms with Gasteiger partial charge in [0.15, 0.2) is 0 Å². The average molecular weight is 305 g/mol. The second-order valence-corrected chi connectivity index (χ2v) is 4.97. The molecule has 1 heterocycles. The molecule has 3 N–H and O–H groups in total. The molecule has 1 aliphatic heterocycles. The van der Waals surface area contributed by atoms with E-state index in [1.165, 1.54) is 0 Å². The van der Waals surface area contributed by atoms with E-state index < -0.39 is 12.1 Å². The fraction of sp³-hybridized carbons (Fsp3) is 0.400. The number of amides is 4. The molecule has 1 saturated heterocycles. The summed E-state index contributed by atoms with van der Waals surface area (Å²) < 4.78 is 5.24. The summed E-state index contributed by atoms with van der Waals surface area (Å²) in [5, 5.41) is 7.39. The Morgan fingerprint density at radius 1 is 1.32 bits per heavy atom. The third kappa shape index (κ3) is 4.21. The molecule has 0 aliphatic carbocycles. The van der Waals surface area contributed by atoms with Crippen LogP contribution in [0.5, 0.6) is 5.75 Å².